The maximum absolute atomic E-state index is 14.0. The van der Waals surface area contributed by atoms with Crippen LogP contribution in [0.4, 0.5) is 4.39 Å². The second-order valence-corrected chi connectivity index (χ2v) is 6.17. The van der Waals surface area contributed by atoms with Crippen molar-refractivity contribution in [1.82, 2.24) is 10.3 Å². The van der Waals surface area contributed by atoms with E-state index >= 15 is 0 Å². The second-order valence-electron chi connectivity index (χ2n) is 4.84. The van der Waals surface area contributed by atoms with Crippen molar-refractivity contribution in [2.24, 2.45) is 0 Å². The summed E-state index contributed by atoms with van der Waals surface area (Å²) >= 11 is 9.62. The van der Waals surface area contributed by atoms with Gasteiger partial charge in [0, 0.05) is 22.9 Å². The van der Waals surface area contributed by atoms with Gasteiger partial charge in [-0.15, -0.1) is 0 Å². The van der Waals surface area contributed by atoms with Crippen molar-refractivity contribution in [3.05, 3.63) is 63.1 Å². The number of rotatable bonds is 6. The van der Waals surface area contributed by atoms with Crippen molar-refractivity contribution in [3.63, 3.8) is 0 Å². The van der Waals surface area contributed by atoms with Gasteiger partial charge in [-0.25, -0.2) is 4.39 Å². The summed E-state index contributed by atoms with van der Waals surface area (Å²) in [5.74, 6) is -0.202. The summed E-state index contributed by atoms with van der Waals surface area (Å²) in [5.41, 5.74) is 1.60. The Balaban J connectivity index is 2.28. The van der Waals surface area contributed by atoms with Gasteiger partial charge in [0.05, 0.1) is 5.02 Å². The monoisotopic (exact) mass is 370 g/mol. The lowest BCUT2D eigenvalue weighted by molar-refractivity contribution is 0.512. The smallest absolute Gasteiger partial charge is 0.126 e. The SMILES string of the molecule is CCCNC(Cc1cc(Br)ccc1F)c1ccncc1Cl. The Kier molecular flexibility index (Phi) is 6.15. The van der Waals surface area contributed by atoms with Crippen LogP contribution in [0.2, 0.25) is 5.02 Å². The van der Waals surface area contributed by atoms with E-state index in [9.17, 15) is 4.39 Å². The predicted octanol–water partition coefficient (Wildman–Crippen LogP) is 4.92. The standard InChI is InChI=1S/C16H17BrClFN2/c1-2-6-21-16(13-5-7-20-10-14(13)18)9-11-8-12(17)3-4-15(11)19/h3-5,7-8,10,16,21H,2,6,9H2,1H3. The molecule has 0 aliphatic carbocycles. The zero-order chi connectivity index (χ0) is 15.2. The summed E-state index contributed by atoms with van der Waals surface area (Å²) in [5, 5.41) is 4.03. The molecule has 5 heteroatoms. The highest BCUT2D eigenvalue weighted by Crippen LogP contribution is 2.27. The van der Waals surface area contributed by atoms with Gasteiger partial charge in [-0.3, -0.25) is 4.98 Å². The Bertz CT molecular complexity index is 607. The van der Waals surface area contributed by atoms with Crippen LogP contribution in [0.1, 0.15) is 30.5 Å². The number of pyridine rings is 1. The molecular formula is C16H17BrClFN2. The van der Waals surface area contributed by atoms with Gasteiger partial charge in [0.25, 0.3) is 0 Å². The Morgan fingerprint density at radius 3 is 2.90 bits per heavy atom. The lowest BCUT2D eigenvalue weighted by Crippen LogP contribution is -2.24. The fraction of sp³-hybridized carbons (Fsp3) is 0.312. The maximum atomic E-state index is 14.0. The molecule has 0 amide bonds. The van der Waals surface area contributed by atoms with E-state index in [2.05, 4.69) is 33.2 Å². The van der Waals surface area contributed by atoms with Crippen molar-refractivity contribution in [3.8, 4) is 0 Å². The average Bonchev–Trinajstić information content (AvgIpc) is 2.48. The minimum Gasteiger partial charge on any atom is -0.310 e. The topological polar surface area (TPSA) is 24.9 Å². The Morgan fingerprint density at radius 1 is 1.38 bits per heavy atom. The van der Waals surface area contributed by atoms with Crippen molar-refractivity contribution >= 4 is 27.5 Å². The van der Waals surface area contributed by atoms with E-state index in [1.54, 1.807) is 18.5 Å². The van der Waals surface area contributed by atoms with Crippen LogP contribution in [0.3, 0.4) is 0 Å². The van der Waals surface area contributed by atoms with Crippen LogP contribution >= 0.6 is 27.5 Å². The van der Waals surface area contributed by atoms with Crippen LogP contribution in [0, 0.1) is 5.82 Å². The van der Waals surface area contributed by atoms with Crippen molar-refractivity contribution in [2.75, 3.05) is 6.54 Å². The van der Waals surface area contributed by atoms with Crippen LogP contribution in [0.15, 0.2) is 41.1 Å². The number of nitrogens with zero attached hydrogens (tertiary/aromatic N) is 1. The first kappa shape index (κ1) is 16.4. The molecule has 0 aliphatic heterocycles. The maximum Gasteiger partial charge on any atom is 0.126 e. The molecule has 2 aromatic rings. The second kappa shape index (κ2) is 7.87. The lowest BCUT2D eigenvalue weighted by atomic mass is 9.99. The number of hydrogen-bond donors (Lipinski definition) is 1. The van der Waals surface area contributed by atoms with Crippen molar-refractivity contribution in [2.45, 2.75) is 25.8 Å². The highest BCUT2D eigenvalue weighted by Gasteiger charge is 2.17. The van der Waals surface area contributed by atoms with Crippen LogP contribution in [0.25, 0.3) is 0 Å². The average molecular weight is 372 g/mol. The summed E-state index contributed by atoms with van der Waals surface area (Å²) in [6.45, 7) is 2.94. The minimum atomic E-state index is -0.202. The number of hydrogen-bond acceptors (Lipinski definition) is 2. The van der Waals surface area contributed by atoms with E-state index < -0.39 is 0 Å². The molecule has 0 radical (unpaired) electrons. The largest absolute Gasteiger partial charge is 0.310 e. The zero-order valence-electron chi connectivity index (χ0n) is 11.7. The molecule has 0 bridgehead atoms. The van der Waals surface area contributed by atoms with Gasteiger partial charge in [-0.2, -0.15) is 0 Å². The Hall–Kier alpha value is -0.970. The molecule has 0 fully saturated rings. The molecule has 2 nitrogen and oxygen atoms in total. The summed E-state index contributed by atoms with van der Waals surface area (Å²) < 4.78 is 14.8. The molecule has 0 saturated heterocycles. The first-order chi connectivity index (χ1) is 10.1. The quantitative estimate of drug-likeness (QED) is 0.779. The van der Waals surface area contributed by atoms with Crippen LogP contribution in [-0.4, -0.2) is 11.5 Å². The van der Waals surface area contributed by atoms with Crippen LogP contribution in [-0.2, 0) is 6.42 Å². The van der Waals surface area contributed by atoms with Gasteiger partial charge in [0.1, 0.15) is 5.82 Å². The molecule has 112 valence electrons. The van der Waals surface area contributed by atoms with Crippen molar-refractivity contribution in [1.29, 1.82) is 0 Å². The highest BCUT2D eigenvalue weighted by atomic mass is 79.9. The first-order valence-electron chi connectivity index (χ1n) is 6.88. The van der Waals surface area contributed by atoms with Gasteiger partial charge in [-0.1, -0.05) is 34.5 Å². The fourth-order valence-corrected chi connectivity index (χ4v) is 2.86. The predicted molar refractivity (Wildman–Crippen MR) is 88.1 cm³/mol. The third-order valence-corrected chi connectivity index (χ3v) is 4.06. The van der Waals surface area contributed by atoms with E-state index in [1.807, 2.05) is 12.1 Å². The van der Waals surface area contributed by atoms with Crippen LogP contribution in [0.5, 0.6) is 0 Å². The molecule has 1 aromatic heterocycles. The van der Waals surface area contributed by atoms with E-state index in [4.69, 9.17) is 11.6 Å². The summed E-state index contributed by atoms with van der Waals surface area (Å²) in [4.78, 5) is 4.01. The fourth-order valence-electron chi connectivity index (χ4n) is 2.20. The number of aromatic nitrogens is 1. The Labute approximate surface area is 137 Å². The van der Waals surface area contributed by atoms with E-state index in [1.165, 1.54) is 6.07 Å². The van der Waals surface area contributed by atoms with Crippen molar-refractivity contribution < 1.29 is 4.39 Å². The molecule has 1 heterocycles. The summed E-state index contributed by atoms with van der Waals surface area (Å²) in [6.07, 6.45) is 4.86. The summed E-state index contributed by atoms with van der Waals surface area (Å²) in [7, 11) is 0. The van der Waals surface area contributed by atoms with Crippen LogP contribution < -0.4 is 5.32 Å². The number of benzene rings is 1. The molecule has 1 aromatic carbocycles. The van der Waals surface area contributed by atoms with Gasteiger partial charge < -0.3 is 5.32 Å². The molecule has 0 aliphatic rings. The van der Waals surface area contributed by atoms with Gasteiger partial charge >= 0.3 is 0 Å². The highest BCUT2D eigenvalue weighted by molar-refractivity contribution is 9.10. The van der Waals surface area contributed by atoms with Gasteiger partial charge in [0.2, 0.25) is 0 Å². The normalized spacial score (nSPS) is 12.4. The molecule has 0 spiro atoms. The molecular weight excluding hydrogens is 355 g/mol. The molecule has 1 unspecified atom stereocenters. The van der Waals surface area contributed by atoms with E-state index in [-0.39, 0.29) is 11.9 Å². The van der Waals surface area contributed by atoms with Gasteiger partial charge in [0.15, 0.2) is 0 Å². The molecule has 1 N–H and O–H groups in total. The third kappa shape index (κ3) is 4.50. The van der Waals surface area contributed by atoms with Gasteiger partial charge in [-0.05, 0) is 54.8 Å². The Morgan fingerprint density at radius 2 is 2.19 bits per heavy atom. The number of halogens is 3. The zero-order valence-corrected chi connectivity index (χ0v) is 14.1. The van der Waals surface area contributed by atoms with E-state index in [0.29, 0.717) is 17.0 Å². The third-order valence-electron chi connectivity index (χ3n) is 3.25. The molecule has 0 saturated carbocycles. The van der Waals surface area contributed by atoms with E-state index in [0.717, 1.165) is 23.0 Å². The lowest BCUT2D eigenvalue weighted by Gasteiger charge is -2.20. The number of nitrogens with one attached hydrogen (secondary N) is 1. The molecule has 2 rings (SSSR count). The first-order valence-corrected chi connectivity index (χ1v) is 8.05. The molecule has 21 heavy (non-hydrogen) atoms. The minimum absolute atomic E-state index is 0.0377. The summed E-state index contributed by atoms with van der Waals surface area (Å²) in [6, 6.07) is 6.83. The molecule has 1 atom stereocenters.